The Bertz CT molecular complexity index is 363. The lowest BCUT2D eigenvalue weighted by Gasteiger charge is -2.39. The van der Waals surface area contributed by atoms with Crippen LogP contribution in [0.5, 0.6) is 0 Å². The van der Waals surface area contributed by atoms with Crippen LogP contribution in [-0.2, 0) is 0 Å². The topological polar surface area (TPSA) is 0 Å². The van der Waals surface area contributed by atoms with E-state index < -0.39 is 0 Å². The highest BCUT2D eigenvalue weighted by Gasteiger charge is 2.32. The van der Waals surface area contributed by atoms with Crippen LogP contribution in [0.2, 0.25) is 0 Å². The van der Waals surface area contributed by atoms with E-state index in [0.717, 1.165) is 35.5 Å². The van der Waals surface area contributed by atoms with Crippen LogP contribution in [0.4, 0.5) is 0 Å². The lowest BCUT2D eigenvalue weighted by atomic mass is 9.67. The summed E-state index contributed by atoms with van der Waals surface area (Å²) < 4.78 is 0. The first kappa shape index (κ1) is 21.7. The number of hydrogen-bond acceptors (Lipinski definition) is 0. The van der Waals surface area contributed by atoms with Gasteiger partial charge in [-0.15, -0.1) is 0 Å². The normalized spacial score (nSPS) is 34.4. The third kappa shape index (κ3) is 7.08. The minimum absolute atomic E-state index is 0.999. The monoisotopic (exact) mass is 374 g/mol. The molecule has 0 nitrogen and oxygen atoms in total. The number of rotatable bonds is 9. The highest BCUT2D eigenvalue weighted by atomic mass is 14.4. The van der Waals surface area contributed by atoms with E-state index in [1.807, 2.05) is 0 Å². The van der Waals surface area contributed by atoms with Crippen LogP contribution in [0, 0.1) is 35.5 Å². The van der Waals surface area contributed by atoms with Gasteiger partial charge in [-0.3, -0.25) is 0 Å². The minimum atomic E-state index is 0.999. The molecule has 0 saturated heterocycles. The second kappa shape index (κ2) is 11.9. The Morgan fingerprint density at radius 2 is 1.19 bits per heavy atom. The van der Waals surface area contributed by atoms with Gasteiger partial charge >= 0.3 is 0 Å². The standard InChI is InChI=1S/C27H50/c1-3-4-10-24-14-16-26(17-15-24)27-20-18-25(19-21-27)22(2)9-8-13-23-11-6-5-7-12-23/h22-27H,3-21H2,1-2H3. The van der Waals surface area contributed by atoms with Gasteiger partial charge in [-0.2, -0.15) is 0 Å². The van der Waals surface area contributed by atoms with Gasteiger partial charge in [0.05, 0.1) is 0 Å². The van der Waals surface area contributed by atoms with Crippen LogP contribution in [0.25, 0.3) is 0 Å². The van der Waals surface area contributed by atoms with Gasteiger partial charge in [0, 0.05) is 0 Å². The third-order valence-electron chi connectivity index (χ3n) is 9.14. The molecule has 3 aliphatic rings. The maximum Gasteiger partial charge on any atom is -0.0386 e. The van der Waals surface area contributed by atoms with Gasteiger partial charge in [0.25, 0.3) is 0 Å². The van der Waals surface area contributed by atoms with Crippen molar-refractivity contribution in [1.82, 2.24) is 0 Å². The molecule has 1 unspecified atom stereocenters. The van der Waals surface area contributed by atoms with Gasteiger partial charge in [0.15, 0.2) is 0 Å². The van der Waals surface area contributed by atoms with Gasteiger partial charge in [0.1, 0.15) is 0 Å². The van der Waals surface area contributed by atoms with Crippen molar-refractivity contribution in [3.05, 3.63) is 0 Å². The Kier molecular flexibility index (Phi) is 9.54. The first-order valence-electron chi connectivity index (χ1n) is 13.3. The van der Waals surface area contributed by atoms with E-state index in [0.29, 0.717) is 0 Å². The van der Waals surface area contributed by atoms with Crippen molar-refractivity contribution in [2.24, 2.45) is 35.5 Å². The van der Waals surface area contributed by atoms with Crippen molar-refractivity contribution >= 4 is 0 Å². The molecule has 0 radical (unpaired) electrons. The molecule has 3 rings (SSSR count). The van der Waals surface area contributed by atoms with Gasteiger partial charge in [-0.05, 0) is 74.0 Å². The molecule has 158 valence electrons. The molecule has 27 heavy (non-hydrogen) atoms. The minimum Gasteiger partial charge on any atom is -0.0654 e. The van der Waals surface area contributed by atoms with Crippen LogP contribution in [0.1, 0.15) is 136 Å². The summed E-state index contributed by atoms with van der Waals surface area (Å²) in [6.45, 7) is 4.94. The summed E-state index contributed by atoms with van der Waals surface area (Å²) in [6.07, 6.45) is 29.1. The molecular weight excluding hydrogens is 324 g/mol. The van der Waals surface area contributed by atoms with Crippen molar-refractivity contribution in [2.75, 3.05) is 0 Å². The lowest BCUT2D eigenvalue weighted by Crippen LogP contribution is -2.27. The Morgan fingerprint density at radius 3 is 1.81 bits per heavy atom. The van der Waals surface area contributed by atoms with Crippen LogP contribution in [0.15, 0.2) is 0 Å². The van der Waals surface area contributed by atoms with Gasteiger partial charge in [-0.25, -0.2) is 0 Å². The molecule has 0 aromatic heterocycles. The fourth-order valence-electron chi connectivity index (χ4n) is 7.07. The maximum absolute atomic E-state index is 2.59. The molecule has 3 saturated carbocycles. The van der Waals surface area contributed by atoms with E-state index in [1.54, 1.807) is 70.6 Å². The first-order chi connectivity index (χ1) is 13.3. The van der Waals surface area contributed by atoms with Crippen molar-refractivity contribution < 1.29 is 0 Å². The predicted molar refractivity (Wildman–Crippen MR) is 120 cm³/mol. The average Bonchev–Trinajstić information content (AvgIpc) is 2.73. The largest absolute Gasteiger partial charge is 0.0654 e. The van der Waals surface area contributed by atoms with Crippen LogP contribution in [0.3, 0.4) is 0 Å². The molecule has 1 atom stereocenters. The molecule has 0 aliphatic heterocycles. The van der Waals surface area contributed by atoms with E-state index in [-0.39, 0.29) is 0 Å². The molecule has 3 aliphatic carbocycles. The van der Waals surface area contributed by atoms with E-state index in [1.165, 1.54) is 51.4 Å². The van der Waals surface area contributed by atoms with Crippen molar-refractivity contribution in [3.8, 4) is 0 Å². The smallest absolute Gasteiger partial charge is 0.0386 e. The molecule has 0 aromatic rings. The van der Waals surface area contributed by atoms with Crippen LogP contribution >= 0.6 is 0 Å². The first-order valence-corrected chi connectivity index (χ1v) is 13.3. The zero-order valence-electron chi connectivity index (χ0n) is 18.9. The molecule has 0 aromatic carbocycles. The van der Waals surface area contributed by atoms with Crippen LogP contribution < -0.4 is 0 Å². The number of hydrogen-bond donors (Lipinski definition) is 0. The Hall–Kier alpha value is 0. The molecule has 0 spiro atoms. The summed E-state index contributed by atoms with van der Waals surface area (Å²) in [5.41, 5.74) is 0. The van der Waals surface area contributed by atoms with Gasteiger partial charge in [0.2, 0.25) is 0 Å². The van der Waals surface area contributed by atoms with E-state index in [2.05, 4.69) is 13.8 Å². The molecule has 0 bridgehead atoms. The molecule has 0 heterocycles. The Balaban J connectivity index is 1.28. The average molecular weight is 375 g/mol. The summed E-state index contributed by atoms with van der Waals surface area (Å²) in [5, 5.41) is 0. The third-order valence-corrected chi connectivity index (χ3v) is 9.14. The summed E-state index contributed by atoms with van der Waals surface area (Å²) in [6, 6.07) is 0. The fourth-order valence-corrected chi connectivity index (χ4v) is 7.07. The Labute approximate surface area is 171 Å². The Morgan fingerprint density at radius 1 is 0.630 bits per heavy atom. The zero-order chi connectivity index (χ0) is 18.9. The number of unbranched alkanes of at least 4 members (excludes halogenated alkanes) is 1. The second-order valence-corrected chi connectivity index (χ2v) is 11.0. The molecule has 3 fully saturated rings. The summed E-state index contributed by atoms with van der Waals surface area (Å²) in [4.78, 5) is 0. The highest BCUT2D eigenvalue weighted by Crippen LogP contribution is 2.44. The van der Waals surface area contributed by atoms with Crippen LogP contribution in [-0.4, -0.2) is 0 Å². The summed E-state index contributed by atoms with van der Waals surface area (Å²) >= 11 is 0. The van der Waals surface area contributed by atoms with E-state index in [9.17, 15) is 0 Å². The predicted octanol–water partition coefficient (Wildman–Crippen LogP) is 9.18. The van der Waals surface area contributed by atoms with Crippen molar-refractivity contribution in [2.45, 2.75) is 136 Å². The second-order valence-electron chi connectivity index (χ2n) is 11.0. The van der Waals surface area contributed by atoms with Gasteiger partial charge in [-0.1, -0.05) is 97.3 Å². The zero-order valence-corrected chi connectivity index (χ0v) is 18.9. The lowest BCUT2D eigenvalue weighted by molar-refractivity contribution is 0.123. The van der Waals surface area contributed by atoms with E-state index in [4.69, 9.17) is 0 Å². The quantitative estimate of drug-likeness (QED) is 0.377. The molecular formula is C27H50. The SMILES string of the molecule is CCCCC1CCC(C2CCC(C(C)CCCC3CCCCC3)CC2)CC1. The maximum atomic E-state index is 2.59. The molecule has 0 amide bonds. The highest BCUT2D eigenvalue weighted by molar-refractivity contribution is 4.83. The molecule has 0 heteroatoms. The molecule has 0 N–H and O–H groups in total. The fraction of sp³-hybridized carbons (Fsp3) is 1.00. The summed E-state index contributed by atoms with van der Waals surface area (Å²) in [5.74, 6) is 6.44. The summed E-state index contributed by atoms with van der Waals surface area (Å²) in [7, 11) is 0. The van der Waals surface area contributed by atoms with Gasteiger partial charge < -0.3 is 0 Å². The van der Waals surface area contributed by atoms with Crippen molar-refractivity contribution in [3.63, 3.8) is 0 Å². The van der Waals surface area contributed by atoms with Crippen molar-refractivity contribution in [1.29, 1.82) is 0 Å². The van der Waals surface area contributed by atoms with E-state index >= 15 is 0 Å².